The van der Waals surface area contributed by atoms with E-state index in [1.165, 1.54) is 18.2 Å². The van der Waals surface area contributed by atoms with E-state index in [1.807, 2.05) is 0 Å². The van der Waals surface area contributed by atoms with E-state index in [1.54, 1.807) is 0 Å². The van der Waals surface area contributed by atoms with E-state index in [2.05, 4.69) is 10.6 Å². The van der Waals surface area contributed by atoms with Crippen LogP contribution in [0.3, 0.4) is 0 Å². The summed E-state index contributed by atoms with van der Waals surface area (Å²) in [4.78, 5) is 24.2. The number of alkyl halides is 3. The fraction of sp³-hybridized carbons (Fsp3) is 0.333. The van der Waals surface area contributed by atoms with Crippen LogP contribution in [-0.2, 0) is 11.0 Å². The number of nitrogens with one attached hydrogen (secondary N) is 2. The minimum Gasteiger partial charge on any atom is -0.353 e. The predicted molar refractivity (Wildman–Crippen MR) is 65.0 cm³/mol. The first-order chi connectivity index (χ1) is 9.38. The van der Waals surface area contributed by atoms with E-state index in [-0.39, 0.29) is 31.2 Å². The molecule has 5 nitrogen and oxygen atoms in total. The smallest absolute Gasteiger partial charge is 0.353 e. The number of amides is 3. The number of hydrogen-bond donors (Lipinski definition) is 2. The van der Waals surface area contributed by atoms with E-state index in [0.717, 1.165) is 11.0 Å². The summed E-state index contributed by atoms with van der Waals surface area (Å²) in [5.41, 5.74) is -1.24. The monoisotopic (exact) mass is 287 g/mol. The van der Waals surface area contributed by atoms with Crippen LogP contribution in [0.25, 0.3) is 0 Å². The van der Waals surface area contributed by atoms with Gasteiger partial charge in [0.2, 0.25) is 5.91 Å². The maximum absolute atomic E-state index is 12.8. The first kappa shape index (κ1) is 14.2. The lowest BCUT2D eigenvalue weighted by Gasteiger charge is -2.27. The number of nitrogens with zero attached hydrogens (tertiary/aromatic N) is 1. The quantitative estimate of drug-likeness (QED) is 0.825. The third-order valence-corrected chi connectivity index (χ3v) is 2.80. The second-order valence-corrected chi connectivity index (χ2v) is 4.25. The van der Waals surface area contributed by atoms with Crippen molar-refractivity contribution in [3.8, 4) is 0 Å². The molecule has 1 aromatic rings. The number of carbonyl (C=O) groups excluding carboxylic acids is 2. The van der Waals surface area contributed by atoms with Crippen molar-refractivity contribution in [3.63, 3.8) is 0 Å². The standard InChI is InChI=1S/C12H12F3N3O2/c13-12(14,15)8-3-1-2-4-9(8)17-11(20)18-6-5-16-10(19)7-18/h1-4H,5-7H2,(H,16,19)(H,17,20). The molecular formula is C12H12F3N3O2. The highest BCUT2D eigenvalue weighted by Crippen LogP contribution is 2.34. The Labute approximate surface area is 112 Å². The lowest BCUT2D eigenvalue weighted by molar-refractivity contribution is -0.137. The molecule has 0 radical (unpaired) electrons. The van der Waals surface area contributed by atoms with Crippen molar-refractivity contribution in [1.29, 1.82) is 0 Å². The Bertz CT molecular complexity index is 531. The fourth-order valence-corrected chi connectivity index (χ4v) is 1.85. The van der Waals surface area contributed by atoms with Gasteiger partial charge in [0.05, 0.1) is 11.3 Å². The van der Waals surface area contributed by atoms with Crippen LogP contribution in [0.4, 0.5) is 23.7 Å². The summed E-state index contributed by atoms with van der Waals surface area (Å²) in [6, 6.07) is 3.97. The molecule has 108 valence electrons. The number of piperazine rings is 1. The van der Waals surface area contributed by atoms with Crippen molar-refractivity contribution >= 4 is 17.6 Å². The number of benzene rings is 1. The second kappa shape index (κ2) is 5.40. The van der Waals surface area contributed by atoms with Crippen molar-refractivity contribution in [2.75, 3.05) is 25.0 Å². The molecule has 1 aromatic carbocycles. The molecule has 20 heavy (non-hydrogen) atoms. The van der Waals surface area contributed by atoms with Gasteiger partial charge in [0.15, 0.2) is 0 Å². The number of halogens is 3. The topological polar surface area (TPSA) is 61.4 Å². The van der Waals surface area contributed by atoms with E-state index < -0.39 is 17.8 Å². The first-order valence-corrected chi connectivity index (χ1v) is 5.87. The summed E-state index contributed by atoms with van der Waals surface area (Å²) >= 11 is 0. The van der Waals surface area contributed by atoms with Crippen LogP contribution in [0.2, 0.25) is 0 Å². The third kappa shape index (κ3) is 3.19. The number of hydrogen-bond acceptors (Lipinski definition) is 2. The van der Waals surface area contributed by atoms with Crippen LogP contribution in [0.5, 0.6) is 0 Å². The zero-order valence-electron chi connectivity index (χ0n) is 10.3. The minimum atomic E-state index is -4.55. The molecule has 0 unspecified atom stereocenters. The molecule has 2 rings (SSSR count). The molecule has 1 aliphatic heterocycles. The van der Waals surface area contributed by atoms with E-state index >= 15 is 0 Å². The SMILES string of the molecule is O=C1CN(C(=O)Nc2ccccc2C(F)(F)F)CCN1. The van der Waals surface area contributed by atoms with Crippen molar-refractivity contribution in [1.82, 2.24) is 10.2 Å². The van der Waals surface area contributed by atoms with E-state index in [9.17, 15) is 22.8 Å². The highest BCUT2D eigenvalue weighted by molar-refractivity contribution is 5.93. The van der Waals surface area contributed by atoms with Crippen molar-refractivity contribution < 1.29 is 22.8 Å². The maximum atomic E-state index is 12.8. The Balaban J connectivity index is 2.14. The third-order valence-electron chi connectivity index (χ3n) is 2.80. The second-order valence-electron chi connectivity index (χ2n) is 4.25. The van der Waals surface area contributed by atoms with E-state index in [0.29, 0.717) is 0 Å². The molecule has 1 heterocycles. The van der Waals surface area contributed by atoms with Gasteiger partial charge in [-0.05, 0) is 12.1 Å². The van der Waals surface area contributed by atoms with Crippen LogP contribution in [0, 0.1) is 0 Å². The van der Waals surface area contributed by atoms with Crippen LogP contribution in [0.15, 0.2) is 24.3 Å². The molecule has 0 aromatic heterocycles. The number of carbonyl (C=O) groups is 2. The summed E-state index contributed by atoms with van der Waals surface area (Å²) in [5, 5.41) is 4.72. The predicted octanol–water partition coefficient (Wildman–Crippen LogP) is 1.67. The number of urea groups is 1. The molecule has 0 spiro atoms. The molecule has 8 heteroatoms. The fourth-order valence-electron chi connectivity index (χ4n) is 1.85. The Morgan fingerprint density at radius 3 is 2.65 bits per heavy atom. The summed E-state index contributed by atoms with van der Waals surface area (Å²) in [6.45, 7) is 0.374. The van der Waals surface area contributed by atoms with Crippen molar-refractivity contribution in [2.45, 2.75) is 6.18 Å². The van der Waals surface area contributed by atoms with Gasteiger partial charge in [-0.1, -0.05) is 12.1 Å². The van der Waals surface area contributed by atoms with Gasteiger partial charge in [-0.3, -0.25) is 4.79 Å². The molecule has 1 fully saturated rings. The summed E-state index contributed by atoms with van der Waals surface area (Å²) < 4.78 is 38.3. The molecule has 0 aliphatic carbocycles. The average molecular weight is 287 g/mol. The molecule has 1 saturated heterocycles. The van der Waals surface area contributed by atoms with E-state index in [4.69, 9.17) is 0 Å². The molecule has 0 atom stereocenters. The maximum Gasteiger partial charge on any atom is 0.418 e. The lowest BCUT2D eigenvalue weighted by atomic mass is 10.1. The van der Waals surface area contributed by atoms with Crippen LogP contribution in [0.1, 0.15) is 5.56 Å². The van der Waals surface area contributed by atoms with Gasteiger partial charge in [-0.15, -0.1) is 0 Å². The summed E-state index contributed by atoms with van der Waals surface area (Å²) in [5.74, 6) is -0.337. The van der Waals surface area contributed by atoms with Crippen molar-refractivity contribution in [3.05, 3.63) is 29.8 Å². The summed E-state index contributed by atoms with van der Waals surface area (Å²) in [7, 11) is 0. The van der Waals surface area contributed by atoms with Crippen LogP contribution >= 0.6 is 0 Å². The lowest BCUT2D eigenvalue weighted by Crippen LogP contribution is -2.51. The first-order valence-electron chi connectivity index (χ1n) is 5.87. The highest BCUT2D eigenvalue weighted by Gasteiger charge is 2.34. The largest absolute Gasteiger partial charge is 0.418 e. The zero-order valence-corrected chi connectivity index (χ0v) is 10.3. The molecule has 0 saturated carbocycles. The molecule has 0 bridgehead atoms. The Hall–Kier alpha value is -2.25. The van der Waals surface area contributed by atoms with Gasteiger partial charge in [0.1, 0.15) is 6.54 Å². The number of para-hydroxylation sites is 1. The Kier molecular flexibility index (Phi) is 3.82. The number of rotatable bonds is 1. The van der Waals surface area contributed by atoms with Gasteiger partial charge in [0.25, 0.3) is 0 Å². The highest BCUT2D eigenvalue weighted by atomic mass is 19.4. The average Bonchev–Trinajstić information content (AvgIpc) is 2.38. The zero-order chi connectivity index (χ0) is 14.8. The molecule has 2 N–H and O–H groups in total. The molecule has 3 amide bonds. The summed E-state index contributed by atoms with van der Waals surface area (Å²) in [6.07, 6.45) is -4.55. The number of anilines is 1. The van der Waals surface area contributed by atoms with Gasteiger partial charge < -0.3 is 15.5 Å². The normalized spacial score (nSPS) is 15.8. The van der Waals surface area contributed by atoms with Gasteiger partial charge in [-0.25, -0.2) is 4.79 Å². The van der Waals surface area contributed by atoms with Gasteiger partial charge in [0, 0.05) is 13.1 Å². The molecular weight excluding hydrogens is 275 g/mol. The van der Waals surface area contributed by atoms with Gasteiger partial charge in [-0.2, -0.15) is 13.2 Å². The van der Waals surface area contributed by atoms with Gasteiger partial charge >= 0.3 is 12.2 Å². The van der Waals surface area contributed by atoms with Crippen LogP contribution in [-0.4, -0.2) is 36.5 Å². The minimum absolute atomic E-state index is 0.167. The Morgan fingerprint density at radius 1 is 1.30 bits per heavy atom. The molecule has 1 aliphatic rings. The van der Waals surface area contributed by atoms with Crippen molar-refractivity contribution in [2.24, 2.45) is 0 Å². The van der Waals surface area contributed by atoms with Crippen LogP contribution < -0.4 is 10.6 Å². The Morgan fingerprint density at radius 2 is 2.00 bits per heavy atom.